The van der Waals surface area contributed by atoms with E-state index < -0.39 is 0 Å². The highest BCUT2D eigenvalue weighted by atomic mass is 79.9. The quantitative estimate of drug-likeness (QED) is 0.262. The molecular weight excluding hydrogens is 508 g/mol. The van der Waals surface area contributed by atoms with E-state index in [0.717, 1.165) is 47.7 Å². The van der Waals surface area contributed by atoms with Crippen LogP contribution >= 0.6 is 39.0 Å². The number of fused-ring (bicyclic) bond motifs is 5. The molecule has 4 aromatic rings. The zero-order chi connectivity index (χ0) is 22.5. The van der Waals surface area contributed by atoms with Crippen LogP contribution in [0.15, 0.2) is 40.1 Å². The van der Waals surface area contributed by atoms with E-state index in [1.54, 1.807) is 17.7 Å². The van der Waals surface area contributed by atoms with Gasteiger partial charge in [0, 0.05) is 33.2 Å². The normalized spacial score (nSPS) is 15.1. The second-order valence-corrected chi connectivity index (χ2v) is 11.2. The fourth-order valence-corrected chi connectivity index (χ4v) is 6.26. The Morgan fingerprint density at radius 3 is 2.81 bits per heavy atom. The topological polar surface area (TPSA) is 77.0 Å². The second-order valence-electron chi connectivity index (χ2n) is 8.36. The van der Waals surface area contributed by atoms with Crippen LogP contribution in [0.1, 0.15) is 30.7 Å². The summed E-state index contributed by atoms with van der Waals surface area (Å²) in [5.41, 5.74) is 4.90. The fourth-order valence-electron chi connectivity index (χ4n) is 3.91. The SMILES string of the molecule is Cc1nc2sc3c(SCC(=O)Nc4ccc(Br)cc4)ncnc3c2c2c1COC(C)(C)C2. The molecule has 9 heteroatoms. The number of pyridine rings is 1. The third-order valence-corrected chi connectivity index (χ3v) is 8.20. The molecule has 1 aliphatic rings. The van der Waals surface area contributed by atoms with Crippen LogP contribution in [0.2, 0.25) is 0 Å². The van der Waals surface area contributed by atoms with E-state index in [2.05, 4.69) is 45.1 Å². The lowest BCUT2D eigenvalue weighted by molar-refractivity contribution is -0.113. The summed E-state index contributed by atoms with van der Waals surface area (Å²) in [6, 6.07) is 7.53. The molecule has 4 heterocycles. The number of nitrogens with one attached hydrogen (secondary N) is 1. The van der Waals surface area contributed by atoms with Crippen molar-refractivity contribution in [2.75, 3.05) is 11.1 Å². The number of amides is 1. The van der Waals surface area contributed by atoms with Crippen LogP contribution < -0.4 is 5.32 Å². The first kappa shape index (κ1) is 21.8. The molecule has 1 amide bonds. The van der Waals surface area contributed by atoms with Crippen LogP contribution in [0.4, 0.5) is 5.69 Å². The lowest BCUT2D eigenvalue weighted by Crippen LogP contribution is -2.32. The van der Waals surface area contributed by atoms with Gasteiger partial charge in [-0.2, -0.15) is 0 Å². The van der Waals surface area contributed by atoms with Gasteiger partial charge in [-0.3, -0.25) is 4.79 Å². The van der Waals surface area contributed by atoms with E-state index in [1.807, 2.05) is 31.2 Å². The molecule has 0 bridgehead atoms. The number of nitrogens with zero attached hydrogens (tertiary/aromatic N) is 3. The second kappa shape index (κ2) is 8.37. The zero-order valence-electron chi connectivity index (χ0n) is 17.9. The summed E-state index contributed by atoms with van der Waals surface area (Å²) in [6.07, 6.45) is 2.40. The lowest BCUT2D eigenvalue weighted by Gasteiger charge is -2.32. The highest BCUT2D eigenvalue weighted by Crippen LogP contribution is 2.42. The maximum Gasteiger partial charge on any atom is 0.234 e. The van der Waals surface area contributed by atoms with Gasteiger partial charge in [-0.25, -0.2) is 15.0 Å². The predicted molar refractivity (Wildman–Crippen MR) is 134 cm³/mol. The van der Waals surface area contributed by atoms with Gasteiger partial charge in [-0.05, 0) is 50.6 Å². The van der Waals surface area contributed by atoms with Gasteiger partial charge >= 0.3 is 0 Å². The van der Waals surface area contributed by atoms with Crippen molar-refractivity contribution in [3.63, 3.8) is 0 Å². The van der Waals surface area contributed by atoms with Crippen LogP contribution in [-0.2, 0) is 22.6 Å². The summed E-state index contributed by atoms with van der Waals surface area (Å²) >= 11 is 6.42. The van der Waals surface area contributed by atoms with Gasteiger partial charge in [-0.1, -0.05) is 27.7 Å². The Hall–Kier alpha value is -2.07. The van der Waals surface area contributed by atoms with Crippen LogP contribution in [0.5, 0.6) is 0 Å². The number of hydrogen-bond acceptors (Lipinski definition) is 7. The summed E-state index contributed by atoms with van der Waals surface area (Å²) < 4.78 is 7.99. The molecule has 1 N–H and O–H groups in total. The van der Waals surface area contributed by atoms with Crippen molar-refractivity contribution in [3.05, 3.63) is 51.9 Å². The van der Waals surface area contributed by atoms with Crippen LogP contribution in [0.3, 0.4) is 0 Å². The van der Waals surface area contributed by atoms with Crippen molar-refractivity contribution in [1.29, 1.82) is 0 Å². The van der Waals surface area contributed by atoms with E-state index in [1.165, 1.54) is 22.9 Å². The van der Waals surface area contributed by atoms with Crippen molar-refractivity contribution < 1.29 is 9.53 Å². The molecule has 6 nitrogen and oxygen atoms in total. The summed E-state index contributed by atoms with van der Waals surface area (Å²) in [7, 11) is 0. The number of halogens is 1. The maximum atomic E-state index is 12.5. The molecule has 0 saturated heterocycles. The average Bonchev–Trinajstić information content (AvgIpc) is 3.12. The van der Waals surface area contributed by atoms with Crippen LogP contribution in [0, 0.1) is 6.92 Å². The molecule has 0 aliphatic carbocycles. The van der Waals surface area contributed by atoms with Gasteiger partial charge < -0.3 is 10.1 Å². The summed E-state index contributed by atoms with van der Waals surface area (Å²) in [5, 5.41) is 4.83. The summed E-state index contributed by atoms with van der Waals surface area (Å²) in [4.78, 5) is 27.4. The van der Waals surface area contributed by atoms with Gasteiger partial charge in [0.1, 0.15) is 16.2 Å². The Kier molecular flexibility index (Phi) is 5.69. The first-order valence-electron chi connectivity index (χ1n) is 10.2. The highest BCUT2D eigenvalue weighted by molar-refractivity contribution is 9.10. The van der Waals surface area contributed by atoms with Crippen molar-refractivity contribution in [1.82, 2.24) is 15.0 Å². The van der Waals surface area contributed by atoms with Crippen molar-refractivity contribution in [2.45, 2.75) is 44.4 Å². The minimum atomic E-state index is -0.224. The Morgan fingerprint density at radius 1 is 1.25 bits per heavy atom. The highest BCUT2D eigenvalue weighted by Gasteiger charge is 2.31. The molecule has 32 heavy (non-hydrogen) atoms. The number of rotatable bonds is 4. The van der Waals surface area contributed by atoms with Gasteiger partial charge in [0.25, 0.3) is 0 Å². The maximum absolute atomic E-state index is 12.5. The number of aryl methyl sites for hydroxylation is 1. The Labute approximate surface area is 202 Å². The number of aromatic nitrogens is 3. The lowest BCUT2D eigenvalue weighted by atomic mass is 9.89. The van der Waals surface area contributed by atoms with Gasteiger partial charge in [-0.15, -0.1) is 11.3 Å². The van der Waals surface area contributed by atoms with Crippen LogP contribution in [0.25, 0.3) is 20.4 Å². The Balaban J connectivity index is 1.47. The molecule has 5 rings (SSSR count). The largest absolute Gasteiger partial charge is 0.370 e. The fraction of sp³-hybridized carbons (Fsp3) is 0.304. The molecule has 1 aliphatic heterocycles. The molecule has 164 valence electrons. The standard InChI is InChI=1S/C23H21BrN4O2S2/c1-12-16-9-30-23(2,3)8-15(16)18-19-20(32-21(18)27-12)22(26-11-25-19)31-10-17(29)28-14-6-4-13(24)5-7-14/h4-7,11H,8-10H2,1-3H3,(H,28,29). The van der Waals surface area contributed by atoms with Crippen LogP contribution in [-0.4, -0.2) is 32.2 Å². The van der Waals surface area contributed by atoms with E-state index in [0.29, 0.717) is 6.61 Å². The molecule has 0 fully saturated rings. The van der Waals surface area contributed by atoms with E-state index in [9.17, 15) is 4.79 Å². The number of anilines is 1. The minimum absolute atomic E-state index is 0.0737. The van der Waals surface area contributed by atoms with Crippen molar-refractivity contribution in [2.24, 2.45) is 0 Å². The molecule has 0 atom stereocenters. The van der Waals surface area contributed by atoms with Gasteiger partial charge in [0.05, 0.1) is 28.2 Å². The number of thioether (sulfide) groups is 1. The predicted octanol–water partition coefficient (Wildman–Crippen LogP) is 5.89. The number of carbonyl (C=O) groups excluding carboxylic acids is 1. The summed E-state index contributed by atoms with van der Waals surface area (Å²) in [6.45, 7) is 6.84. The number of hydrogen-bond donors (Lipinski definition) is 1. The minimum Gasteiger partial charge on any atom is -0.370 e. The number of thiophene rings is 1. The van der Waals surface area contributed by atoms with E-state index in [-0.39, 0.29) is 17.3 Å². The average molecular weight is 529 g/mol. The van der Waals surface area contributed by atoms with Crippen molar-refractivity contribution >= 4 is 71.1 Å². The molecule has 1 aromatic carbocycles. The van der Waals surface area contributed by atoms with Crippen molar-refractivity contribution in [3.8, 4) is 0 Å². The number of carbonyl (C=O) groups is 1. The number of ether oxygens (including phenoxy) is 1. The third-order valence-electron chi connectivity index (χ3n) is 5.47. The van der Waals surface area contributed by atoms with E-state index >= 15 is 0 Å². The molecule has 3 aromatic heterocycles. The van der Waals surface area contributed by atoms with Gasteiger partial charge in [0.2, 0.25) is 5.91 Å². The number of benzene rings is 1. The first-order valence-corrected chi connectivity index (χ1v) is 12.8. The Bertz CT molecular complexity index is 1350. The monoisotopic (exact) mass is 528 g/mol. The van der Waals surface area contributed by atoms with Gasteiger partial charge in [0.15, 0.2) is 0 Å². The molecular formula is C23H21BrN4O2S2. The Morgan fingerprint density at radius 2 is 2.03 bits per heavy atom. The third kappa shape index (κ3) is 4.14. The summed E-state index contributed by atoms with van der Waals surface area (Å²) in [5.74, 6) is 0.192. The zero-order valence-corrected chi connectivity index (χ0v) is 21.1. The molecule has 0 spiro atoms. The molecule has 0 radical (unpaired) electrons. The first-order chi connectivity index (χ1) is 15.3. The van der Waals surface area contributed by atoms with E-state index in [4.69, 9.17) is 9.72 Å². The molecule has 0 unspecified atom stereocenters. The molecule has 0 saturated carbocycles. The smallest absolute Gasteiger partial charge is 0.234 e.